The van der Waals surface area contributed by atoms with E-state index in [1.165, 1.54) is 0 Å². The number of aliphatic hydroxyl groups is 1. The molecule has 4 heteroatoms. The van der Waals surface area contributed by atoms with E-state index in [1.54, 1.807) is 11.3 Å². The van der Waals surface area contributed by atoms with E-state index in [0.717, 1.165) is 32.3 Å². The summed E-state index contributed by atoms with van der Waals surface area (Å²) in [5, 5.41) is 11.5. The average Bonchev–Trinajstić information content (AvgIpc) is 2.85. The number of thiophene rings is 1. The highest BCUT2D eigenvalue weighted by Gasteiger charge is 2.08. The van der Waals surface area contributed by atoms with Crippen molar-refractivity contribution >= 4 is 22.9 Å². The van der Waals surface area contributed by atoms with Crippen molar-refractivity contribution < 1.29 is 9.84 Å². The minimum absolute atomic E-state index is 0.0894. The van der Waals surface area contributed by atoms with Crippen LogP contribution < -0.4 is 4.74 Å². The van der Waals surface area contributed by atoms with Crippen LogP contribution in [-0.2, 0) is 6.61 Å². The zero-order chi connectivity index (χ0) is 15.2. The lowest BCUT2D eigenvalue weighted by Crippen LogP contribution is -1.99. The van der Waals surface area contributed by atoms with Gasteiger partial charge in [0.25, 0.3) is 0 Å². The third-order valence-electron chi connectivity index (χ3n) is 2.98. The monoisotopic (exact) mass is 320 g/mol. The Bertz CT molecular complexity index is 657. The maximum atomic E-state index is 8.76. The predicted octanol–water partition coefficient (Wildman–Crippen LogP) is 4.33. The summed E-state index contributed by atoms with van der Waals surface area (Å²) in [5.74, 6) is 6.88. The number of rotatable bonds is 4. The maximum Gasteiger partial charge on any atom is 0.125 e. The number of hydrogen-bond donors (Lipinski definition) is 1. The Labute approximate surface area is 134 Å². The van der Waals surface area contributed by atoms with E-state index in [9.17, 15) is 0 Å². The molecule has 0 amide bonds. The molecule has 110 valence electrons. The first kappa shape index (κ1) is 15.9. The molecule has 0 unspecified atom stereocenters. The molecule has 0 saturated heterocycles. The SMILES string of the molecule is Cc1cc(Cl)cc(C)c1OCc1sccc1C#CCCO. The summed E-state index contributed by atoms with van der Waals surface area (Å²) in [6.07, 6.45) is 0.492. The van der Waals surface area contributed by atoms with Gasteiger partial charge >= 0.3 is 0 Å². The third-order valence-corrected chi connectivity index (χ3v) is 4.09. The molecule has 0 fully saturated rings. The molecule has 1 aromatic heterocycles. The van der Waals surface area contributed by atoms with E-state index < -0.39 is 0 Å². The molecule has 0 saturated carbocycles. The van der Waals surface area contributed by atoms with Crippen molar-refractivity contribution in [2.75, 3.05) is 6.61 Å². The van der Waals surface area contributed by atoms with E-state index in [-0.39, 0.29) is 6.61 Å². The van der Waals surface area contributed by atoms with Crippen LogP contribution in [0.25, 0.3) is 0 Å². The van der Waals surface area contributed by atoms with Crippen molar-refractivity contribution in [2.24, 2.45) is 0 Å². The summed E-state index contributed by atoms with van der Waals surface area (Å²) in [4.78, 5) is 1.09. The van der Waals surface area contributed by atoms with Gasteiger partial charge in [0.1, 0.15) is 12.4 Å². The Morgan fingerprint density at radius 3 is 2.67 bits per heavy atom. The normalized spacial score (nSPS) is 10.1. The van der Waals surface area contributed by atoms with Crippen LogP contribution in [0.5, 0.6) is 5.75 Å². The number of hydrogen-bond acceptors (Lipinski definition) is 3. The van der Waals surface area contributed by atoms with Crippen LogP contribution in [0.1, 0.15) is 28.0 Å². The van der Waals surface area contributed by atoms with Crippen LogP contribution in [0, 0.1) is 25.7 Å². The van der Waals surface area contributed by atoms with E-state index in [1.807, 2.05) is 37.4 Å². The lowest BCUT2D eigenvalue weighted by Gasteiger charge is -2.12. The van der Waals surface area contributed by atoms with Gasteiger partial charge in [-0.25, -0.2) is 0 Å². The Balaban J connectivity index is 2.11. The summed E-state index contributed by atoms with van der Waals surface area (Å²) in [6.45, 7) is 4.56. The minimum atomic E-state index is 0.0894. The third kappa shape index (κ3) is 4.25. The molecule has 2 rings (SSSR count). The van der Waals surface area contributed by atoms with E-state index in [0.29, 0.717) is 13.0 Å². The molecule has 1 aromatic carbocycles. The predicted molar refractivity (Wildman–Crippen MR) is 88.2 cm³/mol. The molecular formula is C17H17ClO2S. The molecule has 21 heavy (non-hydrogen) atoms. The lowest BCUT2D eigenvalue weighted by molar-refractivity contribution is 0.305. The number of aliphatic hydroxyl groups excluding tert-OH is 1. The van der Waals surface area contributed by atoms with Gasteiger partial charge in [-0.05, 0) is 48.6 Å². The van der Waals surface area contributed by atoms with Crippen molar-refractivity contribution in [3.05, 3.63) is 50.2 Å². The topological polar surface area (TPSA) is 29.5 Å². The first-order valence-electron chi connectivity index (χ1n) is 6.67. The first-order chi connectivity index (χ1) is 10.1. The summed E-state index contributed by atoms with van der Waals surface area (Å²) in [6, 6.07) is 5.79. The lowest BCUT2D eigenvalue weighted by atomic mass is 10.1. The van der Waals surface area contributed by atoms with Crippen molar-refractivity contribution in [3.8, 4) is 17.6 Å². The highest BCUT2D eigenvalue weighted by atomic mass is 35.5. The first-order valence-corrected chi connectivity index (χ1v) is 7.93. The standard InChI is InChI=1S/C17H17ClO2S/c1-12-9-15(18)10-13(2)17(12)20-11-16-14(6-8-21-16)5-3-4-7-19/h6,8-10,19H,4,7,11H2,1-2H3. The smallest absolute Gasteiger partial charge is 0.125 e. The largest absolute Gasteiger partial charge is 0.487 e. The van der Waals surface area contributed by atoms with Crippen LogP contribution in [0.3, 0.4) is 0 Å². The van der Waals surface area contributed by atoms with E-state index in [2.05, 4.69) is 11.8 Å². The second-order valence-electron chi connectivity index (χ2n) is 4.69. The highest BCUT2D eigenvalue weighted by molar-refractivity contribution is 7.10. The van der Waals surface area contributed by atoms with Crippen LogP contribution in [0.15, 0.2) is 23.6 Å². The number of halogens is 1. The fourth-order valence-corrected chi connectivity index (χ4v) is 3.11. The second kappa shape index (κ2) is 7.51. The maximum absolute atomic E-state index is 8.76. The van der Waals surface area contributed by atoms with Crippen LogP contribution >= 0.6 is 22.9 Å². The Morgan fingerprint density at radius 1 is 1.29 bits per heavy atom. The van der Waals surface area contributed by atoms with Crippen molar-refractivity contribution in [2.45, 2.75) is 26.9 Å². The molecule has 0 aliphatic heterocycles. The van der Waals surface area contributed by atoms with Gasteiger partial charge in [-0.15, -0.1) is 11.3 Å². The summed E-state index contributed by atoms with van der Waals surface area (Å²) >= 11 is 7.65. The summed E-state index contributed by atoms with van der Waals surface area (Å²) < 4.78 is 5.95. The quantitative estimate of drug-likeness (QED) is 0.850. The van der Waals surface area contributed by atoms with Gasteiger partial charge in [0.15, 0.2) is 0 Å². The van der Waals surface area contributed by atoms with Gasteiger partial charge in [-0.2, -0.15) is 0 Å². The summed E-state index contributed by atoms with van der Waals surface area (Å²) in [5.41, 5.74) is 3.03. The van der Waals surface area contributed by atoms with Gasteiger partial charge in [0, 0.05) is 17.0 Å². The summed E-state index contributed by atoms with van der Waals surface area (Å²) in [7, 11) is 0. The molecule has 2 aromatic rings. The van der Waals surface area contributed by atoms with Gasteiger partial charge < -0.3 is 9.84 Å². The Hall–Kier alpha value is -1.47. The van der Waals surface area contributed by atoms with Gasteiger partial charge in [-0.3, -0.25) is 0 Å². The van der Waals surface area contributed by atoms with E-state index in [4.69, 9.17) is 21.4 Å². The van der Waals surface area contributed by atoms with Gasteiger partial charge in [-0.1, -0.05) is 23.4 Å². The van der Waals surface area contributed by atoms with Crippen LogP contribution in [0.2, 0.25) is 5.02 Å². The number of ether oxygens (including phenoxy) is 1. The Kier molecular flexibility index (Phi) is 5.69. The van der Waals surface area contributed by atoms with Crippen LogP contribution in [0.4, 0.5) is 0 Å². The van der Waals surface area contributed by atoms with Crippen molar-refractivity contribution in [1.82, 2.24) is 0 Å². The zero-order valence-electron chi connectivity index (χ0n) is 12.1. The number of aryl methyl sites for hydroxylation is 2. The molecule has 0 radical (unpaired) electrons. The van der Waals surface area contributed by atoms with E-state index >= 15 is 0 Å². The molecular weight excluding hydrogens is 304 g/mol. The second-order valence-corrected chi connectivity index (χ2v) is 6.13. The average molecular weight is 321 g/mol. The molecule has 0 bridgehead atoms. The highest BCUT2D eigenvalue weighted by Crippen LogP contribution is 2.28. The molecule has 0 atom stereocenters. The zero-order valence-corrected chi connectivity index (χ0v) is 13.6. The fraction of sp³-hybridized carbons (Fsp3) is 0.294. The van der Waals surface area contributed by atoms with Gasteiger partial charge in [0.2, 0.25) is 0 Å². The van der Waals surface area contributed by atoms with Crippen LogP contribution in [-0.4, -0.2) is 11.7 Å². The molecule has 0 spiro atoms. The minimum Gasteiger partial charge on any atom is -0.487 e. The molecule has 0 aliphatic carbocycles. The Morgan fingerprint density at radius 2 is 2.00 bits per heavy atom. The molecule has 1 N–H and O–H groups in total. The molecule has 2 nitrogen and oxygen atoms in total. The van der Waals surface area contributed by atoms with Crippen molar-refractivity contribution in [1.29, 1.82) is 0 Å². The van der Waals surface area contributed by atoms with Gasteiger partial charge in [0.05, 0.1) is 11.5 Å². The van der Waals surface area contributed by atoms with Crippen molar-refractivity contribution in [3.63, 3.8) is 0 Å². The molecule has 1 heterocycles. The number of benzene rings is 1. The molecule has 0 aliphatic rings. The fourth-order valence-electron chi connectivity index (χ4n) is 2.04.